The van der Waals surface area contributed by atoms with E-state index in [4.69, 9.17) is 14.6 Å². The molecule has 0 spiro atoms. The lowest BCUT2D eigenvalue weighted by molar-refractivity contribution is -0.134. The molecule has 1 aromatic carbocycles. The molecule has 2 N–H and O–H groups in total. The highest BCUT2D eigenvalue weighted by Crippen LogP contribution is 2.29. The van der Waals surface area contributed by atoms with E-state index in [0.717, 1.165) is 5.56 Å². The number of hydrogen-bond acceptors (Lipinski definition) is 5. The zero-order chi connectivity index (χ0) is 15.1. The molecule has 0 unspecified atom stereocenters. The molecule has 1 rings (SSSR count). The van der Waals surface area contributed by atoms with Gasteiger partial charge in [0.25, 0.3) is 0 Å². The molecular weight excluding hydrogens is 302 g/mol. The van der Waals surface area contributed by atoms with Gasteiger partial charge in [0.1, 0.15) is 0 Å². The van der Waals surface area contributed by atoms with Crippen molar-refractivity contribution < 1.29 is 29.0 Å². The van der Waals surface area contributed by atoms with Gasteiger partial charge in [-0.15, -0.1) is 12.4 Å². The van der Waals surface area contributed by atoms with E-state index in [0.29, 0.717) is 6.42 Å². The average molecular weight is 318 g/mol. The van der Waals surface area contributed by atoms with E-state index in [-0.39, 0.29) is 30.5 Å². The Kier molecular flexibility index (Phi) is 7.85. The number of carbonyl (C=O) groups is 3. The smallest absolute Gasteiger partial charge is 0.404 e. The zero-order valence-electron chi connectivity index (χ0n) is 11.5. The van der Waals surface area contributed by atoms with Crippen molar-refractivity contribution in [3.8, 4) is 11.5 Å². The predicted octanol–water partition coefficient (Wildman–Crippen LogP) is 1.77. The number of ether oxygens (including phenoxy) is 2. The summed E-state index contributed by atoms with van der Waals surface area (Å²) in [5.41, 5.74) is 0.742. The van der Waals surface area contributed by atoms with Gasteiger partial charge in [-0.1, -0.05) is 6.07 Å². The van der Waals surface area contributed by atoms with Gasteiger partial charge in [0, 0.05) is 20.4 Å². The quantitative estimate of drug-likeness (QED) is 0.634. The molecule has 1 aromatic rings. The monoisotopic (exact) mass is 317 g/mol. The van der Waals surface area contributed by atoms with Gasteiger partial charge in [0.05, 0.1) is 0 Å². The number of carbonyl (C=O) groups excluding carboxylic acids is 2. The fraction of sp³-hybridized carbons (Fsp3) is 0.308. The standard InChI is InChI=1S/C13H15NO6.ClH/c1-8(15)19-11-4-3-10(5-6-14-13(17)18)7-12(11)20-9(2)16;/h3-4,7,14H,5-6H2,1-2H3,(H,17,18);1H. The molecule has 116 valence electrons. The third-order valence-corrected chi connectivity index (χ3v) is 2.21. The molecule has 0 radical (unpaired) electrons. The Labute approximate surface area is 127 Å². The number of esters is 2. The van der Waals surface area contributed by atoms with Crippen molar-refractivity contribution in [3.63, 3.8) is 0 Å². The summed E-state index contributed by atoms with van der Waals surface area (Å²) in [6, 6.07) is 4.69. The van der Waals surface area contributed by atoms with Crippen LogP contribution in [-0.4, -0.2) is 29.7 Å². The van der Waals surface area contributed by atoms with Gasteiger partial charge in [0.2, 0.25) is 0 Å². The number of rotatable bonds is 5. The van der Waals surface area contributed by atoms with Crippen LogP contribution in [0.2, 0.25) is 0 Å². The van der Waals surface area contributed by atoms with E-state index < -0.39 is 18.0 Å². The summed E-state index contributed by atoms with van der Waals surface area (Å²) in [7, 11) is 0. The molecule has 21 heavy (non-hydrogen) atoms. The van der Waals surface area contributed by atoms with Crippen LogP contribution in [0.5, 0.6) is 11.5 Å². The van der Waals surface area contributed by atoms with Crippen LogP contribution in [0.25, 0.3) is 0 Å². The number of nitrogens with one attached hydrogen (secondary N) is 1. The van der Waals surface area contributed by atoms with Crippen LogP contribution < -0.4 is 14.8 Å². The van der Waals surface area contributed by atoms with Gasteiger partial charge in [-0.25, -0.2) is 4.79 Å². The molecule has 0 bridgehead atoms. The number of hydrogen-bond donors (Lipinski definition) is 2. The van der Waals surface area contributed by atoms with Crippen molar-refractivity contribution >= 4 is 30.4 Å². The maximum absolute atomic E-state index is 11.0. The molecular formula is C13H16ClNO6. The molecule has 0 heterocycles. The molecule has 0 atom stereocenters. The summed E-state index contributed by atoms with van der Waals surface area (Å²) < 4.78 is 9.88. The van der Waals surface area contributed by atoms with E-state index in [1.54, 1.807) is 6.07 Å². The maximum Gasteiger partial charge on any atom is 0.404 e. The minimum absolute atomic E-state index is 0. The fourth-order valence-electron chi connectivity index (χ4n) is 1.50. The molecule has 8 heteroatoms. The highest BCUT2D eigenvalue weighted by molar-refractivity contribution is 5.85. The second kappa shape index (κ2) is 8.80. The summed E-state index contributed by atoms with van der Waals surface area (Å²) >= 11 is 0. The summed E-state index contributed by atoms with van der Waals surface area (Å²) in [6.45, 7) is 2.69. The number of carboxylic acid groups (broad SMARTS) is 1. The van der Waals surface area contributed by atoms with Crippen molar-refractivity contribution in [1.82, 2.24) is 5.32 Å². The fourth-order valence-corrected chi connectivity index (χ4v) is 1.50. The van der Waals surface area contributed by atoms with Gasteiger partial charge in [0.15, 0.2) is 11.5 Å². The van der Waals surface area contributed by atoms with E-state index in [9.17, 15) is 14.4 Å². The average Bonchev–Trinajstić information content (AvgIpc) is 2.30. The zero-order valence-corrected chi connectivity index (χ0v) is 12.4. The van der Waals surface area contributed by atoms with Crippen molar-refractivity contribution in [2.24, 2.45) is 0 Å². The Morgan fingerprint density at radius 3 is 2.19 bits per heavy atom. The van der Waals surface area contributed by atoms with Gasteiger partial charge in [-0.3, -0.25) is 9.59 Å². The molecule has 0 fully saturated rings. The molecule has 0 aliphatic rings. The van der Waals surface area contributed by atoms with Gasteiger partial charge < -0.3 is 19.9 Å². The topological polar surface area (TPSA) is 102 Å². The first-order valence-corrected chi connectivity index (χ1v) is 5.85. The Balaban J connectivity index is 0.00000400. The highest BCUT2D eigenvalue weighted by atomic mass is 35.5. The molecule has 0 aromatic heterocycles. The van der Waals surface area contributed by atoms with Gasteiger partial charge in [-0.2, -0.15) is 0 Å². The summed E-state index contributed by atoms with van der Waals surface area (Å²) in [4.78, 5) is 32.3. The van der Waals surface area contributed by atoms with Crippen LogP contribution >= 0.6 is 12.4 Å². The van der Waals surface area contributed by atoms with Crippen LogP contribution in [0.1, 0.15) is 19.4 Å². The van der Waals surface area contributed by atoms with Crippen molar-refractivity contribution in [2.45, 2.75) is 20.3 Å². The first-order chi connectivity index (χ1) is 9.38. The predicted molar refractivity (Wildman–Crippen MR) is 76.0 cm³/mol. The minimum Gasteiger partial charge on any atom is -0.465 e. The Bertz CT molecular complexity index is 531. The van der Waals surface area contributed by atoms with E-state index in [2.05, 4.69) is 5.32 Å². The minimum atomic E-state index is -1.11. The first kappa shape index (κ1) is 18.7. The molecule has 7 nitrogen and oxygen atoms in total. The second-order valence-electron chi connectivity index (χ2n) is 3.95. The number of amides is 1. The Morgan fingerprint density at radius 1 is 1.10 bits per heavy atom. The molecule has 0 saturated heterocycles. The lowest BCUT2D eigenvalue weighted by atomic mass is 10.1. The van der Waals surface area contributed by atoms with Crippen LogP contribution in [-0.2, 0) is 16.0 Å². The molecule has 0 saturated carbocycles. The molecule has 1 amide bonds. The van der Waals surface area contributed by atoms with Crippen molar-refractivity contribution in [2.75, 3.05) is 6.54 Å². The number of halogens is 1. The summed E-state index contributed by atoms with van der Waals surface area (Å²) in [6.07, 6.45) is -0.692. The van der Waals surface area contributed by atoms with Crippen LogP contribution in [0.3, 0.4) is 0 Å². The van der Waals surface area contributed by atoms with Crippen LogP contribution in [0.15, 0.2) is 18.2 Å². The normalized spacial score (nSPS) is 9.24. The lowest BCUT2D eigenvalue weighted by Crippen LogP contribution is -2.23. The third kappa shape index (κ3) is 7.17. The van der Waals surface area contributed by atoms with Gasteiger partial charge in [-0.05, 0) is 24.1 Å². The lowest BCUT2D eigenvalue weighted by Gasteiger charge is -2.10. The van der Waals surface area contributed by atoms with E-state index in [1.165, 1.54) is 26.0 Å². The largest absolute Gasteiger partial charge is 0.465 e. The maximum atomic E-state index is 11.0. The number of benzene rings is 1. The summed E-state index contributed by atoms with van der Waals surface area (Å²) in [5.74, 6) is -0.805. The highest BCUT2D eigenvalue weighted by Gasteiger charge is 2.11. The Morgan fingerprint density at radius 2 is 1.67 bits per heavy atom. The summed E-state index contributed by atoms with van der Waals surface area (Å²) in [5, 5.41) is 10.7. The third-order valence-electron chi connectivity index (χ3n) is 2.21. The van der Waals surface area contributed by atoms with Crippen LogP contribution in [0.4, 0.5) is 4.79 Å². The second-order valence-corrected chi connectivity index (χ2v) is 3.95. The first-order valence-electron chi connectivity index (χ1n) is 5.85. The van der Waals surface area contributed by atoms with Crippen molar-refractivity contribution in [1.29, 1.82) is 0 Å². The van der Waals surface area contributed by atoms with Gasteiger partial charge >= 0.3 is 18.0 Å². The van der Waals surface area contributed by atoms with Crippen LogP contribution in [0, 0.1) is 0 Å². The molecule has 0 aliphatic heterocycles. The Hall–Kier alpha value is -2.28. The van der Waals surface area contributed by atoms with E-state index in [1.807, 2.05) is 0 Å². The molecule has 0 aliphatic carbocycles. The SMILES string of the molecule is CC(=O)Oc1ccc(CCNC(=O)O)cc1OC(C)=O.Cl. The van der Waals surface area contributed by atoms with E-state index >= 15 is 0 Å². The van der Waals surface area contributed by atoms with Crippen molar-refractivity contribution in [3.05, 3.63) is 23.8 Å².